The average Bonchev–Trinajstić information content (AvgIpc) is 2.69. The van der Waals surface area contributed by atoms with Gasteiger partial charge in [0.25, 0.3) is 0 Å². The summed E-state index contributed by atoms with van der Waals surface area (Å²) in [6.07, 6.45) is 1.85. The molecule has 1 aromatic carbocycles. The number of nitrogens with zero attached hydrogens (tertiary/aromatic N) is 2. The lowest BCUT2D eigenvalue weighted by Crippen LogP contribution is -2.29. The third kappa shape index (κ3) is 2.61. The molecular weight excluding hydrogens is 259 g/mol. The lowest BCUT2D eigenvalue weighted by atomic mass is 10.0. The quantitative estimate of drug-likeness (QED) is 0.665. The zero-order chi connectivity index (χ0) is 12.4. The molecule has 0 aliphatic rings. The van der Waals surface area contributed by atoms with Gasteiger partial charge in [0, 0.05) is 23.3 Å². The van der Waals surface area contributed by atoms with Gasteiger partial charge < -0.3 is 0 Å². The zero-order valence-corrected chi connectivity index (χ0v) is 10.7. The fourth-order valence-corrected chi connectivity index (χ4v) is 2.17. The van der Waals surface area contributed by atoms with Gasteiger partial charge in [0.1, 0.15) is 0 Å². The van der Waals surface area contributed by atoms with Crippen molar-refractivity contribution in [3.8, 4) is 0 Å². The molecular formula is C11H12Cl2N4. The summed E-state index contributed by atoms with van der Waals surface area (Å²) in [6.45, 7) is 0. The van der Waals surface area contributed by atoms with E-state index in [-0.39, 0.29) is 6.04 Å². The number of hydrogen-bond acceptors (Lipinski definition) is 3. The lowest BCUT2D eigenvalue weighted by Gasteiger charge is -2.15. The van der Waals surface area contributed by atoms with Gasteiger partial charge in [-0.3, -0.25) is 10.5 Å². The van der Waals surface area contributed by atoms with Crippen molar-refractivity contribution >= 4 is 23.2 Å². The van der Waals surface area contributed by atoms with E-state index in [1.165, 1.54) is 0 Å². The molecule has 3 N–H and O–H groups in total. The Kier molecular flexibility index (Phi) is 3.69. The molecule has 0 aliphatic carbocycles. The summed E-state index contributed by atoms with van der Waals surface area (Å²) in [4.78, 5) is 0. The van der Waals surface area contributed by atoms with E-state index in [2.05, 4.69) is 10.5 Å². The lowest BCUT2D eigenvalue weighted by molar-refractivity contribution is 0.604. The Morgan fingerprint density at radius 2 is 2.12 bits per heavy atom. The summed E-state index contributed by atoms with van der Waals surface area (Å²) >= 11 is 12.0. The van der Waals surface area contributed by atoms with E-state index in [9.17, 15) is 0 Å². The summed E-state index contributed by atoms with van der Waals surface area (Å²) in [6, 6.07) is 6.93. The first-order valence-corrected chi connectivity index (χ1v) is 5.78. The molecule has 1 aromatic heterocycles. The molecule has 17 heavy (non-hydrogen) atoms. The highest BCUT2D eigenvalue weighted by Crippen LogP contribution is 2.29. The molecule has 0 saturated heterocycles. The van der Waals surface area contributed by atoms with Crippen LogP contribution in [-0.4, -0.2) is 9.78 Å². The molecule has 0 amide bonds. The molecule has 1 unspecified atom stereocenters. The fraction of sp³-hybridized carbons (Fsp3) is 0.182. The standard InChI is InChI=1S/C11H12Cl2N4/c1-17-5-4-10(16-17)11(15-14)8-3-2-7(12)6-9(8)13/h2-6,11,15H,14H2,1H3. The molecule has 1 heterocycles. The van der Waals surface area contributed by atoms with Crippen LogP contribution in [-0.2, 0) is 7.05 Å². The van der Waals surface area contributed by atoms with Crippen LogP contribution in [0, 0.1) is 0 Å². The molecule has 2 rings (SSSR count). The average molecular weight is 271 g/mol. The predicted molar refractivity (Wildman–Crippen MR) is 68.8 cm³/mol. The Balaban J connectivity index is 2.42. The molecule has 0 spiro atoms. The largest absolute Gasteiger partial charge is 0.275 e. The number of aromatic nitrogens is 2. The van der Waals surface area contributed by atoms with Crippen molar-refractivity contribution in [3.63, 3.8) is 0 Å². The van der Waals surface area contributed by atoms with Crippen LogP contribution in [0.5, 0.6) is 0 Å². The number of nitrogens with one attached hydrogen (secondary N) is 1. The van der Waals surface area contributed by atoms with E-state index in [0.29, 0.717) is 10.0 Å². The van der Waals surface area contributed by atoms with Gasteiger partial charge in [0.2, 0.25) is 0 Å². The van der Waals surface area contributed by atoms with E-state index >= 15 is 0 Å². The number of rotatable bonds is 3. The number of hydrogen-bond donors (Lipinski definition) is 2. The van der Waals surface area contributed by atoms with Crippen molar-refractivity contribution in [2.24, 2.45) is 12.9 Å². The van der Waals surface area contributed by atoms with Gasteiger partial charge in [-0.15, -0.1) is 0 Å². The third-order valence-electron chi connectivity index (χ3n) is 2.47. The van der Waals surface area contributed by atoms with Gasteiger partial charge in [-0.25, -0.2) is 5.43 Å². The van der Waals surface area contributed by atoms with E-state index < -0.39 is 0 Å². The first kappa shape index (κ1) is 12.4. The van der Waals surface area contributed by atoms with Gasteiger partial charge in [-0.05, 0) is 23.8 Å². The van der Waals surface area contributed by atoms with Crippen molar-refractivity contribution in [1.29, 1.82) is 0 Å². The van der Waals surface area contributed by atoms with Crippen molar-refractivity contribution in [2.75, 3.05) is 0 Å². The maximum Gasteiger partial charge on any atom is 0.0914 e. The monoisotopic (exact) mass is 270 g/mol. The molecule has 0 bridgehead atoms. The number of aryl methyl sites for hydroxylation is 1. The van der Waals surface area contributed by atoms with Crippen LogP contribution in [0.3, 0.4) is 0 Å². The Hall–Kier alpha value is -1.07. The van der Waals surface area contributed by atoms with Crippen molar-refractivity contribution in [3.05, 3.63) is 51.8 Å². The van der Waals surface area contributed by atoms with Crippen molar-refractivity contribution in [2.45, 2.75) is 6.04 Å². The highest BCUT2D eigenvalue weighted by atomic mass is 35.5. The minimum Gasteiger partial charge on any atom is -0.275 e. The number of benzene rings is 1. The van der Waals surface area contributed by atoms with Crippen molar-refractivity contribution < 1.29 is 0 Å². The molecule has 2 aromatic rings. The number of halogens is 2. The van der Waals surface area contributed by atoms with Crippen LogP contribution in [0.15, 0.2) is 30.5 Å². The molecule has 6 heteroatoms. The van der Waals surface area contributed by atoms with E-state index in [4.69, 9.17) is 29.0 Å². The molecule has 0 saturated carbocycles. The Bertz CT molecular complexity index is 524. The van der Waals surface area contributed by atoms with Gasteiger partial charge in [-0.1, -0.05) is 29.3 Å². The first-order valence-electron chi connectivity index (χ1n) is 5.02. The topological polar surface area (TPSA) is 55.9 Å². The van der Waals surface area contributed by atoms with Crippen molar-refractivity contribution in [1.82, 2.24) is 15.2 Å². The van der Waals surface area contributed by atoms with Crippen LogP contribution < -0.4 is 11.3 Å². The summed E-state index contributed by atoms with van der Waals surface area (Å²) in [5.74, 6) is 5.56. The maximum atomic E-state index is 6.15. The Morgan fingerprint density at radius 1 is 1.35 bits per heavy atom. The van der Waals surface area contributed by atoms with E-state index in [0.717, 1.165) is 11.3 Å². The summed E-state index contributed by atoms with van der Waals surface area (Å²) < 4.78 is 1.71. The van der Waals surface area contributed by atoms with Crippen LogP contribution in [0.4, 0.5) is 0 Å². The Labute approximate surface area is 109 Å². The van der Waals surface area contributed by atoms with Crippen LogP contribution in [0.2, 0.25) is 10.0 Å². The minimum absolute atomic E-state index is 0.249. The SMILES string of the molecule is Cn1ccc(C(NN)c2ccc(Cl)cc2Cl)n1. The molecule has 0 aliphatic heterocycles. The fourth-order valence-electron chi connectivity index (χ4n) is 1.66. The van der Waals surface area contributed by atoms with Gasteiger partial charge in [0.05, 0.1) is 11.7 Å². The smallest absolute Gasteiger partial charge is 0.0914 e. The Morgan fingerprint density at radius 3 is 2.65 bits per heavy atom. The summed E-state index contributed by atoms with van der Waals surface area (Å²) in [5.41, 5.74) is 4.35. The molecule has 1 atom stereocenters. The predicted octanol–water partition coefficient (Wildman–Crippen LogP) is 2.28. The summed E-state index contributed by atoms with van der Waals surface area (Å²) in [5, 5.41) is 5.46. The second-order valence-electron chi connectivity index (χ2n) is 3.68. The highest BCUT2D eigenvalue weighted by Gasteiger charge is 2.17. The molecule has 90 valence electrons. The van der Waals surface area contributed by atoms with Crippen LogP contribution >= 0.6 is 23.2 Å². The highest BCUT2D eigenvalue weighted by molar-refractivity contribution is 6.35. The van der Waals surface area contributed by atoms with Gasteiger partial charge >= 0.3 is 0 Å². The van der Waals surface area contributed by atoms with Gasteiger partial charge in [-0.2, -0.15) is 5.10 Å². The van der Waals surface area contributed by atoms with E-state index in [1.807, 2.05) is 25.4 Å². The number of nitrogens with two attached hydrogens (primary N) is 1. The minimum atomic E-state index is -0.249. The zero-order valence-electron chi connectivity index (χ0n) is 9.19. The second kappa shape index (κ2) is 5.06. The molecule has 4 nitrogen and oxygen atoms in total. The normalized spacial score (nSPS) is 12.7. The van der Waals surface area contributed by atoms with Gasteiger partial charge in [0.15, 0.2) is 0 Å². The number of hydrazine groups is 1. The maximum absolute atomic E-state index is 6.15. The molecule has 0 fully saturated rings. The molecule has 0 radical (unpaired) electrons. The second-order valence-corrected chi connectivity index (χ2v) is 4.52. The van der Waals surface area contributed by atoms with Crippen LogP contribution in [0.1, 0.15) is 17.3 Å². The first-order chi connectivity index (χ1) is 8.11. The summed E-state index contributed by atoms with van der Waals surface area (Å²) in [7, 11) is 1.85. The third-order valence-corrected chi connectivity index (χ3v) is 3.03. The van der Waals surface area contributed by atoms with Crippen LogP contribution in [0.25, 0.3) is 0 Å². The van der Waals surface area contributed by atoms with E-state index in [1.54, 1.807) is 16.8 Å².